The third kappa shape index (κ3) is 3.31. The number of nitrogens with zero attached hydrogens (tertiary/aromatic N) is 2. The van der Waals surface area contributed by atoms with E-state index in [2.05, 4.69) is 10.2 Å². The molecule has 1 aromatic carbocycles. The van der Waals surface area contributed by atoms with Gasteiger partial charge in [0.25, 0.3) is 11.8 Å². The van der Waals surface area contributed by atoms with Crippen molar-refractivity contribution >= 4 is 35.5 Å². The molecule has 1 aromatic heterocycles. The summed E-state index contributed by atoms with van der Waals surface area (Å²) < 4.78 is 5.78. The molecule has 7 nitrogen and oxygen atoms in total. The van der Waals surface area contributed by atoms with Gasteiger partial charge in [-0.15, -0.1) is 0 Å². The first kappa shape index (κ1) is 18.0. The van der Waals surface area contributed by atoms with Crippen molar-refractivity contribution in [2.24, 2.45) is 0 Å². The third-order valence-electron chi connectivity index (χ3n) is 5.02. The summed E-state index contributed by atoms with van der Waals surface area (Å²) in [5.74, 6) is -0.278. The first-order chi connectivity index (χ1) is 13.6. The molecule has 3 heterocycles. The monoisotopic (exact) mass is 379 g/mol. The molecule has 2 saturated heterocycles. The Morgan fingerprint density at radius 3 is 2.43 bits per heavy atom. The van der Waals surface area contributed by atoms with Crippen LogP contribution >= 0.6 is 0 Å². The maximum atomic E-state index is 12.9. The molecular formula is C21H21N3O4. The van der Waals surface area contributed by atoms with Crippen LogP contribution in [0, 0.1) is 0 Å². The quantitative estimate of drug-likeness (QED) is 0.652. The van der Waals surface area contributed by atoms with E-state index in [-0.39, 0.29) is 5.57 Å². The normalized spacial score (nSPS) is 18.9. The summed E-state index contributed by atoms with van der Waals surface area (Å²) in [5, 5.41) is 2.23. The number of benzene rings is 1. The van der Waals surface area contributed by atoms with Crippen molar-refractivity contribution in [2.75, 3.05) is 22.9 Å². The van der Waals surface area contributed by atoms with Gasteiger partial charge in [-0.25, -0.2) is 9.69 Å². The number of furan rings is 1. The van der Waals surface area contributed by atoms with Crippen molar-refractivity contribution in [1.82, 2.24) is 5.32 Å². The van der Waals surface area contributed by atoms with Crippen LogP contribution in [-0.2, 0) is 16.0 Å². The molecule has 0 spiro atoms. The van der Waals surface area contributed by atoms with Gasteiger partial charge in [0.1, 0.15) is 11.3 Å². The summed E-state index contributed by atoms with van der Waals surface area (Å²) in [6, 6.07) is 9.89. The maximum absolute atomic E-state index is 12.9. The van der Waals surface area contributed by atoms with Gasteiger partial charge in [-0.1, -0.05) is 19.1 Å². The minimum Gasteiger partial charge on any atom is -0.441 e. The molecule has 1 N–H and O–H groups in total. The Morgan fingerprint density at radius 1 is 1.04 bits per heavy atom. The Balaban J connectivity index is 1.62. The summed E-state index contributed by atoms with van der Waals surface area (Å²) in [6.07, 6.45) is 4.47. The molecule has 0 radical (unpaired) electrons. The van der Waals surface area contributed by atoms with Crippen LogP contribution in [0.5, 0.6) is 0 Å². The predicted octanol–water partition coefficient (Wildman–Crippen LogP) is 3.11. The Bertz CT molecular complexity index is 952. The molecule has 0 bridgehead atoms. The molecule has 0 saturated carbocycles. The van der Waals surface area contributed by atoms with E-state index >= 15 is 0 Å². The van der Waals surface area contributed by atoms with Crippen LogP contribution in [0.1, 0.15) is 31.1 Å². The number of hydrogen-bond donors (Lipinski definition) is 1. The Kier molecular flexibility index (Phi) is 4.73. The van der Waals surface area contributed by atoms with Gasteiger partial charge in [0.05, 0.1) is 5.69 Å². The number of rotatable bonds is 4. The van der Waals surface area contributed by atoms with Crippen molar-refractivity contribution in [3.63, 3.8) is 0 Å². The van der Waals surface area contributed by atoms with Crippen LogP contribution < -0.4 is 15.1 Å². The fourth-order valence-corrected chi connectivity index (χ4v) is 3.44. The summed E-state index contributed by atoms with van der Waals surface area (Å²) in [5.41, 5.74) is 1.36. The zero-order valence-corrected chi connectivity index (χ0v) is 15.6. The van der Waals surface area contributed by atoms with E-state index in [9.17, 15) is 14.4 Å². The van der Waals surface area contributed by atoms with Crippen LogP contribution in [0.4, 0.5) is 16.4 Å². The van der Waals surface area contributed by atoms with E-state index < -0.39 is 17.8 Å². The molecule has 2 aliphatic rings. The highest BCUT2D eigenvalue weighted by Gasteiger charge is 2.37. The Morgan fingerprint density at radius 2 is 1.75 bits per heavy atom. The van der Waals surface area contributed by atoms with Gasteiger partial charge in [0.15, 0.2) is 5.88 Å². The number of urea groups is 1. The molecule has 2 fully saturated rings. The van der Waals surface area contributed by atoms with E-state index in [1.54, 1.807) is 18.2 Å². The largest absolute Gasteiger partial charge is 0.441 e. The fraction of sp³-hybridized carbons (Fsp3) is 0.286. The van der Waals surface area contributed by atoms with Gasteiger partial charge in [-0.05, 0) is 49.1 Å². The van der Waals surface area contributed by atoms with Gasteiger partial charge in [0, 0.05) is 19.2 Å². The van der Waals surface area contributed by atoms with Gasteiger partial charge in [-0.3, -0.25) is 14.9 Å². The Hall–Kier alpha value is -3.35. The van der Waals surface area contributed by atoms with Crippen molar-refractivity contribution in [1.29, 1.82) is 0 Å². The minimum atomic E-state index is -0.756. The molecule has 0 aliphatic carbocycles. The molecular weight excluding hydrogens is 358 g/mol. The molecule has 4 rings (SSSR count). The molecule has 0 atom stereocenters. The topological polar surface area (TPSA) is 82.9 Å². The summed E-state index contributed by atoms with van der Waals surface area (Å²) >= 11 is 0. The van der Waals surface area contributed by atoms with Crippen LogP contribution in [0.2, 0.25) is 0 Å². The third-order valence-corrected chi connectivity index (χ3v) is 5.02. The number of nitrogens with one attached hydrogen (secondary N) is 1. The standard InChI is InChI=1S/C21H21N3O4/c1-2-14-5-7-15(8-6-14)24-20(26)17(19(25)22-21(24)27)13-16-9-10-18(28-16)23-11-3-4-12-23/h5-10,13H,2-4,11-12H2,1H3,(H,22,25,27)/b17-13+. The van der Waals surface area contributed by atoms with Gasteiger partial charge in [0.2, 0.25) is 0 Å². The zero-order chi connectivity index (χ0) is 19.7. The van der Waals surface area contributed by atoms with E-state index in [4.69, 9.17) is 4.42 Å². The number of carbonyl (C=O) groups is 3. The summed E-state index contributed by atoms with van der Waals surface area (Å²) in [7, 11) is 0. The van der Waals surface area contributed by atoms with Crippen LogP contribution in [0.25, 0.3) is 6.08 Å². The second-order valence-corrected chi connectivity index (χ2v) is 6.85. The highest BCUT2D eigenvalue weighted by molar-refractivity contribution is 6.39. The lowest BCUT2D eigenvalue weighted by molar-refractivity contribution is -0.122. The average molecular weight is 379 g/mol. The zero-order valence-electron chi connectivity index (χ0n) is 15.6. The number of barbiturate groups is 1. The van der Waals surface area contributed by atoms with Crippen LogP contribution in [-0.4, -0.2) is 30.9 Å². The van der Waals surface area contributed by atoms with Gasteiger partial charge < -0.3 is 9.32 Å². The van der Waals surface area contributed by atoms with Crippen LogP contribution in [0.15, 0.2) is 46.4 Å². The van der Waals surface area contributed by atoms with Crippen molar-refractivity contribution in [2.45, 2.75) is 26.2 Å². The lowest BCUT2D eigenvalue weighted by atomic mass is 10.1. The SMILES string of the molecule is CCc1ccc(N2C(=O)NC(=O)/C(=C\c3ccc(N4CCCC4)o3)C2=O)cc1. The van der Waals surface area contributed by atoms with E-state index in [0.29, 0.717) is 11.4 Å². The van der Waals surface area contributed by atoms with Crippen molar-refractivity contribution < 1.29 is 18.8 Å². The fourth-order valence-electron chi connectivity index (χ4n) is 3.44. The van der Waals surface area contributed by atoms with Crippen molar-refractivity contribution in [3.8, 4) is 0 Å². The van der Waals surface area contributed by atoms with Gasteiger partial charge in [-0.2, -0.15) is 0 Å². The van der Waals surface area contributed by atoms with Crippen LogP contribution in [0.3, 0.4) is 0 Å². The molecule has 2 aliphatic heterocycles. The number of carbonyl (C=O) groups excluding carboxylic acids is 3. The molecule has 4 amide bonds. The van der Waals surface area contributed by atoms with E-state index in [0.717, 1.165) is 48.7 Å². The highest BCUT2D eigenvalue weighted by Crippen LogP contribution is 2.26. The lowest BCUT2D eigenvalue weighted by Crippen LogP contribution is -2.54. The van der Waals surface area contributed by atoms with E-state index in [1.807, 2.05) is 25.1 Å². The van der Waals surface area contributed by atoms with Crippen molar-refractivity contribution in [3.05, 3.63) is 53.3 Å². The summed E-state index contributed by atoms with van der Waals surface area (Å²) in [4.78, 5) is 40.5. The maximum Gasteiger partial charge on any atom is 0.335 e. The first-order valence-electron chi connectivity index (χ1n) is 9.42. The second kappa shape index (κ2) is 7.34. The number of amides is 4. The molecule has 28 heavy (non-hydrogen) atoms. The molecule has 0 unspecified atom stereocenters. The first-order valence-corrected chi connectivity index (χ1v) is 9.42. The Labute approximate surface area is 162 Å². The molecule has 7 heteroatoms. The summed E-state index contributed by atoms with van der Waals surface area (Å²) in [6.45, 7) is 3.88. The highest BCUT2D eigenvalue weighted by atomic mass is 16.4. The second-order valence-electron chi connectivity index (χ2n) is 6.85. The van der Waals surface area contributed by atoms with Gasteiger partial charge >= 0.3 is 6.03 Å². The smallest absolute Gasteiger partial charge is 0.335 e. The molecule has 2 aromatic rings. The molecule has 144 valence electrons. The minimum absolute atomic E-state index is 0.138. The lowest BCUT2D eigenvalue weighted by Gasteiger charge is -2.26. The number of hydrogen-bond acceptors (Lipinski definition) is 5. The number of imide groups is 2. The number of aryl methyl sites for hydroxylation is 1. The van der Waals surface area contributed by atoms with E-state index in [1.165, 1.54) is 6.08 Å². The number of anilines is 2. The average Bonchev–Trinajstić information content (AvgIpc) is 3.37. The predicted molar refractivity (Wildman–Crippen MR) is 105 cm³/mol.